The summed E-state index contributed by atoms with van der Waals surface area (Å²) in [5.74, 6) is 0. The summed E-state index contributed by atoms with van der Waals surface area (Å²) in [6.45, 7) is 1.76. The zero-order chi connectivity index (χ0) is 16.0. The molecule has 0 unspecified atom stereocenters. The molecular formula is C16H17NO4S. The molecule has 2 rings (SSSR count). The monoisotopic (exact) mass is 319 g/mol. The van der Waals surface area contributed by atoms with Crippen LogP contribution in [0.3, 0.4) is 0 Å². The summed E-state index contributed by atoms with van der Waals surface area (Å²) in [4.78, 5) is 5.38. The molecule has 0 radical (unpaired) electrons. The normalized spacial score (nSPS) is 12.2. The van der Waals surface area contributed by atoms with Crippen LogP contribution in [0.1, 0.15) is 12.5 Å². The van der Waals surface area contributed by atoms with Gasteiger partial charge in [-0.25, -0.2) is 8.42 Å². The van der Waals surface area contributed by atoms with Crippen LogP contribution in [0.25, 0.3) is 0 Å². The van der Waals surface area contributed by atoms with Gasteiger partial charge in [0.15, 0.2) is 0 Å². The van der Waals surface area contributed by atoms with Crippen molar-refractivity contribution in [2.75, 3.05) is 13.2 Å². The maximum Gasteiger partial charge on any atom is 0.206 e. The van der Waals surface area contributed by atoms with Gasteiger partial charge < -0.3 is 9.94 Å². The Morgan fingerprint density at radius 1 is 1.05 bits per heavy atom. The second-order valence-corrected chi connectivity index (χ2v) is 6.52. The molecule has 0 atom stereocenters. The summed E-state index contributed by atoms with van der Waals surface area (Å²) in [7, 11) is -3.51. The zero-order valence-corrected chi connectivity index (χ0v) is 13.0. The highest BCUT2D eigenvalue weighted by Crippen LogP contribution is 2.20. The number of benzene rings is 2. The van der Waals surface area contributed by atoms with E-state index in [1.165, 1.54) is 0 Å². The molecule has 5 nitrogen and oxygen atoms in total. The predicted molar refractivity (Wildman–Crippen MR) is 83.6 cm³/mol. The second kappa shape index (κ2) is 7.20. The fourth-order valence-corrected chi connectivity index (χ4v) is 3.13. The third-order valence-corrected chi connectivity index (χ3v) is 4.81. The highest BCUT2D eigenvalue weighted by molar-refractivity contribution is 7.91. The lowest BCUT2D eigenvalue weighted by atomic mass is 10.1. The summed E-state index contributed by atoms with van der Waals surface area (Å²) in [5, 5.41) is 12.5. The van der Waals surface area contributed by atoms with Crippen LogP contribution < -0.4 is 0 Å². The predicted octanol–water partition coefficient (Wildman–Crippen LogP) is 2.25. The molecule has 0 spiro atoms. The number of sulfone groups is 1. The minimum Gasteiger partial charge on any atom is -0.393 e. The number of rotatable bonds is 6. The Morgan fingerprint density at radius 2 is 1.64 bits per heavy atom. The highest BCUT2D eigenvalue weighted by atomic mass is 32.2. The summed E-state index contributed by atoms with van der Waals surface area (Å²) in [6, 6.07) is 14.7. The molecule has 0 aliphatic carbocycles. The van der Waals surface area contributed by atoms with Crippen LogP contribution >= 0.6 is 0 Å². The number of hydrogen-bond acceptors (Lipinski definition) is 5. The van der Waals surface area contributed by atoms with E-state index in [2.05, 4.69) is 5.16 Å². The van der Waals surface area contributed by atoms with Gasteiger partial charge in [0.05, 0.1) is 22.1 Å². The first-order valence-corrected chi connectivity index (χ1v) is 8.22. The molecule has 0 fully saturated rings. The highest BCUT2D eigenvalue weighted by Gasteiger charge is 2.16. The van der Waals surface area contributed by atoms with Gasteiger partial charge in [0.1, 0.15) is 6.61 Å². The molecule has 0 bridgehead atoms. The van der Waals surface area contributed by atoms with Gasteiger partial charge in [-0.15, -0.1) is 0 Å². The second-order valence-electron chi connectivity index (χ2n) is 4.57. The van der Waals surface area contributed by atoms with E-state index in [0.29, 0.717) is 5.71 Å². The Labute approximate surface area is 129 Å². The molecule has 1 N–H and O–H groups in total. The van der Waals surface area contributed by atoms with Gasteiger partial charge in [-0.2, -0.15) is 0 Å². The van der Waals surface area contributed by atoms with E-state index in [9.17, 15) is 8.42 Å². The maximum absolute atomic E-state index is 12.4. The van der Waals surface area contributed by atoms with Crippen LogP contribution in [0, 0.1) is 0 Å². The third-order valence-electron chi connectivity index (χ3n) is 3.02. The van der Waals surface area contributed by atoms with E-state index in [0.717, 1.165) is 5.56 Å². The summed E-state index contributed by atoms with van der Waals surface area (Å²) in [6.07, 6.45) is 0. The lowest BCUT2D eigenvalue weighted by molar-refractivity contribution is 0.0986. The van der Waals surface area contributed by atoms with Crippen molar-refractivity contribution in [3.05, 3.63) is 60.2 Å². The van der Waals surface area contributed by atoms with Crippen LogP contribution in [0.4, 0.5) is 0 Å². The number of hydrogen-bond donors (Lipinski definition) is 1. The first kappa shape index (κ1) is 16.2. The lowest BCUT2D eigenvalue weighted by Crippen LogP contribution is -2.03. The topological polar surface area (TPSA) is 76.0 Å². The Morgan fingerprint density at radius 3 is 2.23 bits per heavy atom. The summed E-state index contributed by atoms with van der Waals surface area (Å²) in [5.41, 5.74) is 1.36. The van der Waals surface area contributed by atoms with E-state index in [-0.39, 0.29) is 23.0 Å². The summed E-state index contributed by atoms with van der Waals surface area (Å²) >= 11 is 0. The van der Waals surface area contributed by atoms with E-state index >= 15 is 0 Å². The zero-order valence-electron chi connectivity index (χ0n) is 12.1. The van der Waals surface area contributed by atoms with Crippen molar-refractivity contribution >= 4 is 15.5 Å². The Balaban J connectivity index is 2.24. The number of aliphatic hydroxyl groups is 1. The molecule has 0 aliphatic rings. The minimum absolute atomic E-state index is 0.106. The molecule has 2 aromatic rings. The van der Waals surface area contributed by atoms with E-state index in [1.54, 1.807) is 61.5 Å². The van der Waals surface area contributed by atoms with Crippen molar-refractivity contribution in [3.63, 3.8) is 0 Å². The van der Waals surface area contributed by atoms with Crippen molar-refractivity contribution in [2.24, 2.45) is 5.16 Å². The average Bonchev–Trinajstić information content (AvgIpc) is 2.56. The van der Waals surface area contributed by atoms with Crippen molar-refractivity contribution < 1.29 is 18.4 Å². The van der Waals surface area contributed by atoms with Crippen molar-refractivity contribution in [2.45, 2.75) is 16.7 Å². The van der Waals surface area contributed by atoms with Gasteiger partial charge in [0.25, 0.3) is 0 Å². The standard InChI is InChI=1S/C16H17NO4S/c1-13(17-21-12-11-18)14-7-9-16(10-8-14)22(19,20)15-5-3-2-4-6-15/h2-10,18H,11-12H2,1H3/b17-13-. The van der Waals surface area contributed by atoms with Gasteiger partial charge in [-0.05, 0) is 36.8 Å². The lowest BCUT2D eigenvalue weighted by Gasteiger charge is -2.06. The molecule has 2 aromatic carbocycles. The van der Waals surface area contributed by atoms with Crippen LogP contribution in [-0.2, 0) is 14.7 Å². The maximum atomic E-state index is 12.4. The smallest absolute Gasteiger partial charge is 0.206 e. The molecule has 116 valence electrons. The first-order chi connectivity index (χ1) is 10.6. The molecule has 6 heteroatoms. The first-order valence-electron chi connectivity index (χ1n) is 6.73. The molecule has 0 amide bonds. The number of nitrogens with zero attached hydrogens (tertiary/aromatic N) is 1. The SMILES string of the molecule is C/C(=N/OCCO)c1ccc(S(=O)(=O)c2ccccc2)cc1. The Bertz CT molecular complexity index is 737. The van der Waals surface area contributed by atoms with Gasteiger partial charge >= 0.3 is 0 Å². The average molecular weight is 319 g/mol. The van der Waals surface area contributed by atoms with Crippen LogP contribution in [-0.4, -0.2) is 32.4 Å². The van der Waals surface area contributed by atoms with Gasteiger partial charge in [-0.3, -0.25) is 0 Å². The van der Waals surface area contributed by atoms with E-state index in [4.69, 9.17) is 9.94 Å². The fraction of sp³-hybridized carbons (Fsp3) is 0.188. The molecule has 22 heavy (non-hydrogen) atoms. The van der Waals surface area contributed by atoms with Gasteiger partial charge in [0, 0.05) is 0 Å². The van der Waals surface area contributed by atoms with Crippen molar-refractivity contribution in [1.29, 1.82) is 0 Å². The molecule has 0 aromatic heterocycles. The molecule has 0 saturated heterocycles. The molecular weight excluding hydrogens is 302 g/mol. The van der Waals surface area contributed by atoms with Crippen molar-refractivity contribution in [3.8, 4) is 0 Å². The largest absolute Gasteiger partial charge is 0.393 e. The molecule has 0 saturated carbocycles. The van der Waals surface area contributed by atoms with E-state index in [1.807, 2.05) is 0 Å². The van der Waals surface area contributed by atoms with E-state index < -0.39 is 9.84 Å². The minimum atomic E-state index is -3.51. The van der Waals surface area contributed by atoms with Crippen LogP contribution in [0.15, 0.2) is 69.5 Å². The third kappa shape index (κ3) is 3.72. The van der Waals surface area contributed by atoms with Crippen LogP contribution in [0.5, 0.6) is 0 Å². The fourth-order valence-electron chi connectivity index (χ4n) is 1.85. The molecule has 0 aliphatic heterocycles. The van der Waals surface area contributed by atoms with Crippen LogP contribution in [0.2, 0.25) is 0 Å². The number of aliphatic hydroxyl groups excluding tert-OH is 1. The van der Waals surface area contributed by atoms with Gasteiger partial charge in [0.2, 0.25) is 9.84 Å². The Hall–Kier alpha value is -2.18. The Kier molecular flexibility index (Phi) is 5.30. The number of oxime groups is 1. The molecule has 0 heterocycles. The van der Waals surface area contributed by atoms with Crippen molar-refractivity contribution in [1.82, 2.24) is 0 Å². The quantitative estimate of drug-likeness (QED) is 0.503. The summed E-state index contributed by atoms with van der Waals surface area (Å²) < 4.78 is 24.9. The van der Waals surface area contributed by atoms with Gasteiger partial charge in [-0.1, -0.05) is 35.5 Å².